The number of anilines is 1. The van der Waals surface area contributed by atoms with Gasteiger partial charge in [-0.05, 0) is 67.8 Å². The molecule has 0 radical (unpaired) electrons. The number of fused-ring (bicyclic) bond motifs is 1. The van der Waals surface area contributed by atoms with Gasteiger partial charge in [-0.25, -0.2) is 4.79 Å². The SMILES string of the molecule is CCOc1cc2c(cc1OCC)[C@H](CC(=O)OC)N(C(=O)Nc1ccc(OC)cc1)CC2. The maximum atomic E-state index is 13.2. The van der Waals surface area contributed by atoms with Gasteiger partial charge in [0.15, 0.2) is 11.5 Å². The molecule has 0 fully saturated rings. The number of benzene rings is 2. The van der Waals surface area contributed by atoms with Gasteiger partial charge in [-0.2, -0.15) is 0 Å². The zero-order valence-corrected chi connectivity index (χ0v) is 19.0. The van der Waals surface area contributed by atoms with Crippen molar-refractivity contribution in [3.05, 3.63) is 47.5 Å². The van der Waals surface area contributed by atoms with Crippen LogP contribution in [0.25, 0.3) is 0 Å². The minimum absolute atomic E-state index is 0.0408. The number of nitrogens with zero attached hydrogens (tertiary/aromatic N) is 1. The summed E-state index contributed by atoms with van der Waals surface area (Å²) in [6.07, 6.45) is 0.675. The second-order valence-electron chi connectivity index (χ2n) is 7.26. The fourth-order valence-corrected chi connectivity index (χ4v) is 3.82. The standard InChI is InChI=1S/C24H30N2O6/c1-5-31-21-13-16-11-12-26(24(28)25-17-7-9-18(29-3)10-8-17)20(15-23(27)30-4)19(16)14-22(21)32-6-2/h7-10,13-14,20H,5-6,11-12,15H2,1-4H3,(H,25,28)/t20-/m0/s1. The molecule has 1 aliphatic heterocycles. The van der Waals surface area contributed by atoms with E-state index in [2.05, 4.69) is 5.32 Å². The molecule has 0 unspecified atom stereocenters. The van der Waals surface area contributed by atoms with E-state index in [4.69, 9.17) is 18.9 Å². The Bertz CT molecular complexity index is 944. The minimum atomic E-state index is -0.487. The van der Waals surface area contributed by atoms with Gasteiger partial charge in [0.1, 0.15) is 5.75 Å². The van der Waals surface area contributed by atoms with Crippen molar-refractivity contribution in [3.63, 3.8) is 0 Å². The van der Waals surface area contributed by atoms with E-state index in [1.54, 1.807) is 36.3 Å². The molecule has 1 heterocycles. The summed E-state index contributed by atoms with van der Waals surface area (Å²) >= 11 is 0. The summed E-state index contributed by atoms with van der Waals surface area (Å²) in [4.78, 5) is 27.1. The minimum Gasteiger partial charge on any atom is -0.497 e. The van der Waals surface area contributed by atoms with Gasteiger partial charge in [0.25, 0.3) is 0 Å². The molecule has 1 atom stereocenters. The highest BCUT2D eigenvalue weighted by Crippen LogP contribution is 2.40. The number of rotatable bonds is 8. The lowest BCUT2D eigenvalue weighted by atomic mass is 9.90. The molecule has 172 valence electrons. The Morgan fingerprint density at radius 1 is 1.03 bits per heavy atom. The maximum absolute atomic E-state index is 13.2. The number of hydrogen-bond acceptors (Lipinski definition) is 6. The predicted molar refractivity (Wildman–Crippen MR) is 121 cm³/mol. The maximum Gasteiger partial charge on any atom is 0.322 e. The molecule has 3 rings (SSSR count). The van der Waals surface area contributed by atoms with E-state index in [0.29, 0.717) is 49.1 Å². The van der Waals surface area contributed by atoms with E-state index in [1.807, 2.05) is 26.0 Å². The van der Waals surface area contributed by atoms with E-state index in [0.717, 1.165) is 11.1 Å². The smallest absolute Gasteiger partial charge is 0.322 e. The number of ether oxygens (including phenoxy) is 4. The Labute approximate surface area is 188 Å². The van der Waals surface area contributed by atoms with Gasteiger partial charge in [-0.1, -0.05) is 0 Å². The van der Waals surface area contributed by atoms with Crippen LogP contribution in [0.4, 0.5) is 10.5 Å². The first kappa shape index (κ1) is 23.2. The number of amides is 2. The third-order valence-electron chi connectivity index (χ3n) is 5.35. The first-order valence-corrected chi connectivity index (χ1v) is 10.7. The van der Waals surface area contributed by atoms with Gasteiger partial charge < -0.3 is 29.2 Å². The summed E-state index contributed by atoms with van der Waals surface area (Å²) in [5.41, 5.74) is 2.53. The Morgan fingerprint density at radius 3 is 2.28 bits per heavy atom. The van der Waals surface area contributed by atoms with Crippen LogP contribution in [0.1, 0.15) is 37.4 Å². The summed E-state index contributed by atoms with van der Waals surface area (Å²) < 4.78 is 21.6. The summed E-state index contributed by atoms with van der Waals surface area (Å²) in [5.74, 6) is 1.57. The second-order valence-corrected chi connectivity index (χ2v) is 7.26. The lowest BCUT2D eigenvalue weighted by Crippen LogP contribution is -2.43. The fourth-order valence-electron chi connectivity index (χ4n) is 3.82. The van der Waals surface area contributed by atoms with Crippen molar-refractivity contribution < 1.29 is 28.5 Å². The van der Waals surface area contributed by atoms with Crippen LogP contribution in [0.3, 0.4) is 0 Å². The molecule has 0 aliphatic carbocycles. The molecule has 0 saturated carbocycles. The van der Waals surface area contributed by atoms with Crippen LogP contribution in [0.15, 0.2) is 36.4 Å². The topological polar surface area (TPSA) is 86.3 Å². The van der Waals surface area contributed by atoms with E-state index in [-0.39, 0.29) is 12.5 Å². The fraction of sp³-hybridized carbons (Fsp3) is 0.417. The van der Waals surface area contributed by atoms with Crippen molar-refractivity contribution in [2.75, 3.05) is 39.3 Å². The van der Waals surface area contributed by atoms with Gasteiger partial charge >= 0.3 is 12.0 Å². The van der Waals surface area contributed by atoms with Crippen LogP contribution < -0.4 is 19.5 Å². The van der Waals surface area contributed by atoms with E-state index >= 15 is 0 Å². The number of nitrogens with one attached hydrogen (secondary N) is 1. The average molecular weight is 443 g/mol. The number of esters is 1. The van der Waals surface area contributed by atoms with Gasteiger partial charge in [0.05, 0.1) is 39.9 Å². The summed E-state index contributed by atoms with van der Waals surface area (Å²) in [6.45, 7) is 5.26. The van der Waals surface area contributed by atoms with Crippen molar-refractivity contribution in [3.8, 4) is 17.2 Å². The Hall–Kier alpha value is -3.42. The van der Waals surface area contributed by atoms with Crippen LogP contribution in [-0.2, 0) is 16.0 Å². The summed E-state index contributed by atoms with van der Waals surface area (Å²) in [7, 11) is 2.93. The lowest BCUT2D eigenvalue weighted by Gasteiger charge is -2.37. The summed E-state index contributed by atoms with van der Waals surface area (Å²) in [6, 6.07) is 10.1. The van der Waals surface area contributed by atoms with Crippen molar-refractivity contribution in [2.24, 2.45) is 0 Å². The number of hydrogen-bond donors (Lipinski definition) is 1. The second kappa shape index (κ2) is 10.7. The first-order valence-electron chi connectivity index (χ1n) is 10.7. The van der Waals surface area contributed by atoms with E-state index < -0.39 is 12.0 Å². The third kappa shape index (κ3) is 5.25. The number of methoxy groups -OCH3 is 2. The zero-order valence-electron chi connectivity index (χ0n) is 19.0. The van der Waals surface area contributed by atoms with E-state index in [1.165, 1.54) is 7.11 Å². The highest BCUT2D eigenvalue weighted by molar-refractivity contribution is 5.90. The molecule has 32 heavy (non-hydrogen) atoms. The van der Waals surface area contributed by atoms with Crippen LogP contribution >= 0.6 is 0 Å². The van der Waals surface area contributed by atoms with Crippen molar-refractivity contribution in [1.82, 2.24) is 4.90 Å². The van der Waals surface area contributed by atoms with Gasteiger partial charge in [0.2, 0.25) is 0 Å². The molecule has 0 saturated heterocycles. The van der Waals surface area contributed by atoms with Crippen LogP contribution in [0, 0.1) is 0 Å². The van der Waals surface area contributed by atoms with Crippen molar-refractivity contribution in [2.45, 2.75) is 32.7 Å². The molecule has 2 amide bonds. The largest absolute Gasteiger partial charge is 0.497 e. The Balaban J connectivity index is 1.92. The molecular weight excluding hydrogens is 412 g/mol. The molecule has 1 N–H and O–H groups in total. The van der Waals surface area contributed by atoms with Crippen LogP contribution in [0.2, 0.25) is 0 Å². The van der Waals surface area contributed by atoms with Gasteiger partial charge in [-0.15, -0.1) is 0 Å². The molecule has 2 aromatic carbocycles. The van der Waals surface area contributed by atoms with Gasteiger partial charge in [0, 0.05) is 12.2 Å². The zero-order chi connectivity index (χ0) is 23.1. The number of urea groups is 1. The van der Waals surface area contributed by atoms with Crippen molar-refractivity contribution >= 4 is 17.7 Å². The lowest BCUT2D eigenvalue weighted by molar-refractivity contribution is -0.141. The number of carbonyl (C=O) groups is 2. The number of carbonyl (C=O) groups excluding carboxylic acids is 2. The monoisotopic (exact) mass is 442 g/mol. The quantitative estimate of drug-likeness (QED) is 0.617. The molecule has 2 aromatic rings. The molecule has 8 heteroatoms. The highest BCUT2D eigenvalue weighted by atomic mass is 16.5. The molecule has 0 bridgehead atoms. The van der Waals surface area contributed by atoms with Crippen LogP contribution in [-0.4, -0.2) is 50.9 Å². The molecule has 0 spiro atoms. The molecular formula is C24H30N2O6. The third-order valence-corrected chi connectivity index (χ3v) is 5.35. The van der Waals surface area contributed by atoms with E-state index in [9.17, 15) is 9.59 Å². The van der Waals surface area contributed by atoms with Crippen molar-refractivity contribution in [1.29, 1.82) is 0 Å². The van der Waals surface area contributed by atoms with Gasteiger partial charge in [-0.3, -0.25) is 4.79 Å². The normalized spacial score (nSPS) is 14.9. The summed E-state index contributed by atoms with van der Waals surface area (Å²) in [5, 5.41) is 2.91. The highest BCUT2D eigenvalue weighted by Gasteiger charge is 2.34. The Morgan fingerprint density at radius 2 is 1.69 bits per heavy atom. The first-order chi connectivity index (χ1) is 15.5. The Kier molecular flexibility index (Phi) is 7.81. The molecule has 1 aliphatic rings. The average Bonchev–Trinajstić information content (AvgIpc) is 2.80. The molecule has 8 nitrogen and oxygen atoms in total. The van der Waals surface area contributed by atoms with Crippen LogP contribution in [0.5, 0.6) is 17.2 Å². The predicted octanol–water partition coefficient (Wildman–Crippen LogP) is 4.19. The molecule has 0 aromatic heterocycles.